The van der Waals surface area contributed by atoms with Crippen molar-refractivity contribution < 1.29 is 14.3 Å². The van der Waals surface area contributed by atoms with E-state index in [0.29, 0.717) is 18.9 Å². The van der Waals surface area contributed by atoms with E-state index in [4.69, 9.17) is 9.47 Å². The van der Waals surface area contributed by atoms with Gasteiger partial charge in [-0.15, -0.1) is 0 Å². The Hall–Kier alpha value is -1.59. The monoisotopic (exact) mass is 346 g/mol. The summed E-state index contributed by atoms with van der Waals surface area (Å²) in [5.41, 5.74) is 1.14. The fourth-order valence-corrected chi connectivity index (χ4v) is 3.78. The molecule has 0 saturated carbocycles. The van der Waals surface area contributed by atoms with Gasteiger partial charge in [-0.1, -0.05) is 12.1 Å². The molecule has 0 aromatic heterocycles. The average molecular weight is 346 g/mol. The van der Waals surface area contributed by atoms with Crippen molar-refractivity contribution in [1.82, 2.24) is 10.2 Å². The third-order valence-corrected chi connectivity index (χ3v) is 5.22. The number of ether oxygens (including phenoxy) is 2. The third kappa shape index (κ3) is 5.44. The van der Waals surface area contributed by atoms with E-state index in [1.807, 2.05) is 12.1 Å². The number of amides is 1. The lowest BCUT2D eigenvalue weighted by molar-refractivity contribution is -0.124. The highest BCUT2D eigenvalue weighted by Gasteiger charge is 2.23. The first kappa shape index (κ1) is 18.2. The number of nitrogens with zero attached hydrogens (tertiary/aromatic N) is 1. The van der Waals surface area contributed by atoms with E-state index >= 15 is 0 Å². The zero-order chi connectivity index (χ0) is 17.5. The van der Waals surface area contributed by atoms with Gasteiger partial charge in [0.2, 0.25) is 5.91 Å². The maximum Gasteiger partial charge on any atom is 0.220 e. The zero-order valence-corrected chi connectivity index (χ0v) is 15.2. The van der Waals surface area contributed by atoms with E-state index in [0.717, 1.165) is 50.4 Å². The van der Waals surface area contributed by atoms with Crippen LogP contribution in [-0.2, 0) is 9.53 Å². The summed E-state index contributed by atoms with van der Waals surface area (Å²) in [5, 5.41) is 3.27. The van der Waals surface area contributed by atoms with Crippen LogP contribution in [0.3, 0.4) is 0 Å². The Bertz CT molecular complexity index is 534. The molecule has 138 valence electrons. The summed E-state index contributed by atoms with van der Waals surface area (Å²) in [6.45, 7) is 4.67. The van der Waals surface area contributed by atoms with Crippen LogP contribution < -0.4 is 10.1 Å². The molecule has 2 saturated heterocycles. The summed E-state index contributed by atoms with van der Waals surface area (Å²) in [6.07, 6.45) is 5.22. The lowest BCUT2D eigenvalue weighted by atomic mass is 9.97. The summed E-state index contributed by atoms with van der Waals surface area (Å²) in [4.78, 5) is 15.0. The molecular formula is C20H30N2O3. The second-order valence-electron chi connectivity index (χ2n) is 7.19. The highest BCUT2D eigenvalue weighted by Crippen LogP contribution is 2.22. The molecular weight excluding hydrogens is 316 g/mol. The van der Waals surface area contributed by atoms with Crippen molar-refractivity contribution in [3.8, 4) is 5.75 Å². The molecule has 0 radical (unpaired) electrons. The molecule has 5 nitrogen and oxygen atoms in total. The molecule has 0 spiro atoms. The summed E-state index contributed by atoms with van der Waals surface area (Å²) >= 11 is 0. The highest BCUT2D eigenvalue weighted by molar-refractivity contribution is 5.76. The van der Waals surface area contributed by atoms with Crippen LogP contribution in [0.15, 0.2) is 24.3 Å². The maximum atomic E-state index is 12.6. The Morgan fingerprint density at radius 3 is 2.68 bits per heavy atom. The number of carbonyl (C=O) groups excluding carboxylic acids is 1. The predicted molar refractivity (Wildman–Crippen MR) is 97.7 cm³/mol. The molecule has 0 aliphatic carbocycles. The largest absolute Gasteiger partial charge is 0.497 e. The average Bonchev–Trinajstić information content (AvgIpc) is 3.15. The van der Waals surface area contributed by atoms with Crippen LogP contribution in [0.2, 0.25) is 0 Å². The van der Waals surface area contributed by atoms with E-state index in [-0.39, 0.29) is 11.9 Å². The first-order valence-electron chi connectivity index (χ1n) is 9.48. The molecule has 2 atom stereocenters. The van der Waals surface area contributed by atoms with Crippen molar-refractivity contribution in [2.45, 2.75) is 38.1 Å². The number of hydrogen-bond acceptors (Lipinski definition) is 4. The van der Waals surface area contributed by atoms with E-state index < -0.39 is 0 Å². The van der Waals surface area contributed by atoms with Crippen molar-refractivity contribution >= 4 is 5.91 Å². The van der Waals surface area contributed by atoms with Gasteiger partial charge in [-0.3, -0.25) is 4.79 Å². The van der Waals surface area contributed by atoms with Crippen LogP contribution in [0, 0.1) is 5.92 Å². The van der Waals surface area contributed by atoms with Gasteiger partial charge in [0.1, 0.15) is 5.75 Å². The molecule has 1 aromatic rings. The van der Waals surface area contributed by atoms with Crippen molar-refractivity contribution in [1.29, 1.82) is 0 Å². The second kappa shape index (κ2) is 9.20. The number of likely N-dealkylation sites (tertiary alicyclic amines) is 1. The second-order valence-corrected chi connectivity index (χ2v) is 7.19. The molecule has 2 aliphatic heterocycles. The van der Waals surface area contributed by atoms with Crippen molar-refractivity contribution in [2.24, 2.45) is 5.92 Å². The number of nitrogens with one attached hydrogen (secondary N) is 1. The van der Waals surface area contributed by atoms with Crippen LogP contribution in [0.25, 0.3) is 0 Å². The molecule has 1 aromatic carbocycles. The Labute approximate surface area is 150 Å². The smallest absolute Gasteiger partial charge is 0.220 e. The number of hydrogen-bond donors (Lipinski definition) is 1. The SMILES string of the molecule is COc1ccc([C@@H](CN2CCCC2)NC(=O)C[C@H]2CCCOC2)cc1. The van der Waals surface area contributed by atoms with Crippen LogP contribution in [0.1, 0.15) is 43.7 Å². The molecule has 5 heteroatoms. The topological polar surface area (TPSA) is 50.8 Å². The van der Waals surface area contributed by atoms with Gasteiger partial charge in [0.15, 0.2) is 0 Å². The summed E-state index contributed by atoms with van der Waals surface area (Å²) in [5.74, 6) is 1.34. The van der Waals surface area contributed by atoms with Gasteiger partial charge in [0.05, 0.1) is 13.2 Å². The van der Waals surface area contributed by atoms with Crippen molar-refractivity contribution in [3.05, 3.63) is 29.8 Å². The minimum atomic E-state index is 0.0287. The number of benzene rings is 1. The van der Waals surface area contributed by atoms with Gasteiger partial charge in [0, 0.05) is 26.2 Å². The standard InChI is InChI=1S/C20H30N2O3/c1-24-18-8-6-17(7-9-18)19(14-22-10-2-3-11-22)21-20(23)13-16-5-4-12-25-15-16/h6-9,16,19H,2-5,10-15H2,1H3,(H,21,23)/t16-,19-/m1/s1. The predicted octanol–water partition coefficient (Wildman–Crippen LogP) is 2.77. The van der Waals surface area contributed by atoms with Crippen LogP contribution in [0.4, 0.5) is 0 Å². The molecule has 2 fully saturated rings. The minimum absolute atomic E-state index is 0.0287. The van der Waals surface area contributed by atoms with Crippen LogP contribution in [-0.4, -0.2) is 50.8 Å². The van der Waals surface area contributed by atoms with E-state index in [1.165, 1.54) is 12.8 Å². The molecule has 3 rings (SSSR count). The van der Waals surface area contributed by atoms with Gasteiger partial charge in [0.25, 0.3) is 0 Å². The fraction of sp³-hybridized carbons (Fsp3) is 0.650. The van der Waals surface area contributed by atoms with Crippen LogP contribution in [0.5, 0.6) is 5.75 Å². The fourth-order valence-electron chi connectivity index (χ4n) is 3.78. The molecule has 25 heavy (non-hydrogen) atoms. The van der Waals surface area contributed by atoms with Crippen LogP contribution >= 0.6 is 0 Å². The quantitative estimate of drug-likeness (QED) is 0.825. The van der Waals surface area contributed by atoms with Gasteiger partial charge >= 0.3 is 0 Å². The van der Waals surface area contributed by atoms with E-state index in [9.17, 15) is 4.79 Å². The molecule has 1 N–H and O–H groups in total. The first-order chi connectivity index (χ1) is 12.2. The maximum absolute atomic E-state index is 12.6. The van der Waals surface area contributed by atoms with E-state index in [1.54, 1.807) is 7.11 Å². The van der Waals surface area contributed by atoms with Gasteiger partial charge in [-0.2, -0.15) is 0 Å². The summed E-state index contributed by atoms with van der Waals surface area (Å²) in [7, 11) is 1.67. The van der Waals surface area contributed by atoms with Crippen molar-refractivity contribution in [2.75, 3.05) is 40.0 Å². The number of carbonyl (C=O) groups is 1. The molecule has 2 aliphatic rings. The highest BCUT2D eigenvalue weighted by atomic mass is 16.5. The minimum Gasteiger partial charge on any atom is -0.497 e. The van der Waals surface area contributed by atoms with E-state index in [2.05, 4.69) is 22.3 Å². The Balaban J connectivity index is 1.62. The normalized spacial score (nSPS) is 22.5. The van der Waals surface area contributed by atoms with Gasteiger partial charge in [-0.25, -0.2) is 0 Å². The summed E-state index contributed by atoms with van der Waals surface area (Å²) in [6, 6.07) is 8.08. The molecule has 0 bridgehead atoms. The zero-order valence-electron chi connectivity index (χ0n) is 15.2. The molecule has 1 amide bonds. The Morgan fingerprint density at radius 2 is 2.04 bits per heavy atom. The Kier molecular flexibility index (Phi) is 6.70. The Morgan fingerprint density at radius 1 is 1.28 bits per heavy atom. The lowest BCUT2D eigenvalue weighted by Crippen LogP contribution is -2.38. The number of rotatable bonds is 7. The summed E-state index contributed by atoms with van der Waals surface area (Å²) < 4.78 is 10.8. The van der Waals surface area contributed by atoms with Gasteiger partial charge in [-0.05, 0) is 62.4 Å². The lowest BCUT2D eigenvalue weighted by Gasteiger charge is -2.27. The molecule has 0 unspecified atom stereocenters. The first-order valence-corrected chi connectivity index (χ1v) is 9.48. The number of methoxy groups -OCH3 is 1. The third-order valence-electron chi connectivity index (χ3n) is 5.22. The van der Waals surface area contributed by atoms with Crippen molar-refractivity contribution in [3.63, 3.8) is 0 Å². The molecule has 2 heterocycles. The van der Waals surface area contributed by atoms with Gasteiger partial charge < -0.3 is 19.7 Å².